The Balaban J connectivity index is 2.10. The zero-order chi connectivity index (χ0) is 11.6. The minimum Gasteiger partial charge on any atom is -0.494 e. The van der Waals surface area contributed by atoms with Gasteiger partial charge in [-0.1, -0.05) is 6.07 Å². The summed E-state index contributed by atoms with van der Waals surface area (Å²) in [4.78, 5) is 0. The Bertz CT molecular complexity index is 369. The Kier molecular flexibility index (Phi) is 3.20. The Labute approximate surface area is 98.0 Å². The summed E-state index contributed by atoms with van der Waals surface area (Å²) in [5.41, 5.74) is 3.17. The average molecular weight is 219 g/mol. The number of hydrogen-bond donors (Lipinski definition) is 1. The number of benzene rings is 1. The van der Waals surface area contributed by atoms with Crippen LogP contribution in [0.2, 0.25) is 0 Å². The van der Waals surface area contributed by atoms with Gasteiger partial charge in [-0.05, 0) is 63.4 Å². The number of nitrogens with one attached hydrogen (secondary N) is 1. The number of rotatable bonds is 5. The van der Waals surface area contributed by atoms with Gasteiger partial charge in [-0.2, -0.15) is 0 Å². The van der Waals surface area contributed by atoms with Gasteiger partial charge in [0, 0.05) is 5.54 Å². The van der Waals surface area contributed by atoms with Gasteiger partial charge in [0.1, 0.15) is 5.75 Å². The maximum atomic E-state index is 5.50. The van der Waals surface area contributed by atoms with E-state index in [0.717, 1.165) is 18.8 Å². The van der Waals surface area contributed by atoms with E-state index in [9.17, 15) is 0 Å². The quantitative estimate of drug-likeness (QED) is 0.822. The van der Waals surface area contributed by atoms with Gasteiger partial charge in [0.25, 0.3) is 0 Å². The van der Waals surface area contributed by atoms with Crippen LogP contribution in [-0.4, -0.2) is 19.2 Å². The molecule has 2 heteroatoms. The van der Waals surface area contributed by atoms with Gasteiger partial charge >= 0.3 is 0 Å². The van der Waals surface area contributed by atoms with Crippen LogP contribution >= 0.6 is 0 Å². The molecule has 1 aromatic carbocycles. The van der Waals surface area contributed by atoms with Gasteiger partial charge in [-0.3, -0.25) is 0 Å². The van der Waals surface area contributed by atoms with Crippen molar-refractivity contribution in [3.8, 4) is 5.75 Å². The molecule has 0 bridgehead atoms. The molecule has 16 heavy (non-hydrogen) atoms. The van der Waals surface area contributed by atoms with E-state index in [-0.39, 0.29) is 0 Å². The van der Waals surface area contributed by atoms with Crippen molar-refractivity contribution < 1.29 is 4.74 Å². The first kappa shape index (κ1) is 11.5. The molecule has 1 fully saturated rings. The highest BCUT2D eigenvalue weighted by Crippen LogP contribution is 2.38. The number of ether oxygens (including phenoxy) is 1. The minimum atomic E-state index is 0.387. The summed E-state index contributed by atoms with van der Waals surface area (Å²) in [6.07, 6.45) is 3.74. The SMILES string of the molecule is CCOc1ccc(CC2(NC)CC2)c(C)c1. The van der Waals surface area contributed by atoms with Gasteiger partial charge in [0.05, 0.1) is 6.61 Å². The molecular weight excluding hydrogens is 198 g/mol. The molecule has 0 saturated heterocycles. The zero-order valence-electron chi connectivity index (χ0n) is 10.5. The minimum absolute atomic E-state index is 0.387. The summed E-state index contributed by atoms with van der Waals surface area (Å²) in [7, 11) is 2.07. The van der Waals surface area contributed by atoms with E-state index in [1.54, 1.807) is 0 Å². The van der Waals surface area contributed by atoms with E-state index >= 15 is 0 Å². The van der Waals surface area contributed by atoms with Crippen molar-refractivity contribution in [3.63, 3.8) is 0 Å². The van der Waals surface area contributed by atoms with E-state index in [0.29, 0.717) is 5.54 Å². The summed E-state index contributed by atoms with van der Waals surface area (Å²) >= 11 is 0. The average Bonchev–Trinajstić information content (AvgIpc) is 3.03. The topological polar surface area (TPSA) is 21.3 Å². The zero-order valence-corrected chi connectivity index (χ0v) is 10.5. The molecular formula is C14H21NO. The highest BCUT2D eigenvalue weighted by molar-refractivity contribution is 5.36. The van der Waals surface area contributed by atoms with Crippen molar-refractivity contribution >= 4 is 0 Å². The highest BCUT2D eigenvalue weighted by Gasteiger charge is 2.40. The van der Waals surface area contributed by atoms with Crippen LogP contribution < -0.4 is 10.1 Å². The molecule has 1 aromatic rings. The van der Waals surface area contributed by atoms with Crippen molar-refractivity contribution in [2.24, 2.45) is 0 Å². The number of likely N-dealkylation sites (N-methyl/N-ethyl adjacent to an activating group) is 1. The lowest BCUT2D eigenvalue weighted by Gasteiger charge is -2.16. The third-order valence-corrected chi connectivity index (χ3v) is 3.54. The van der Waals surface area contributed by atoms with Crippen molar-refractivity contribution in [1.82, 2.24) is 5.32 Å². The first-order valence-corrected chi connectivity index (χ1v) is 6.10. The summed E-state index contributed by atoms with van der Waals surface area (Å²) in [5.74, 6) is 0.984. The second-order valence-electron chi connectivity index (χ2n) is 4.73. The highest BCUT2D eigenvalue weighted by atomic mass is 16.5. The maximum Gasteiger partial charge on any atom is 0.119 e. The lowest BCUT2D eigenvalue weighted by atomic mass is 9.99. The lowest BCUT2D eigenvalue weighted by molar-refractivity contribution is 0.340. The fourth-order valence-corrected chi connectivity index (χ4v) is 2.15. The van der Waals surface area contributed by atoms with Crippen LogP contribution in [0.25, 0.3) is 0 Å². The van der Waals surface area contributed by atoms with Crippen molar-refractivity contribution in [2.75, 3.05) is 13.7 Å². The molecule has 1 N–H and O–H groups in total. The first-order chi connectivity index (χ1) is 7.69. The van der Waals surface area contributed by atoms with Crippen LogP contribution in [0.4, 0.5) is 0 Å². The van der Waals surface area contributed by atoms with Crippen LogP contribution in [0.3, 0.4) is 0 Å². The van der Waals surface area contributed by atoms with Gasteiger partial charge in [0.15, 0.2) is 0 Å². The number of aryl methyl sites for hydroxylation is 1. The van der Waals surface area contributed by atoms with E-state index in [1.165, 1.54) is 24.0 Å². The molecule has 0 radical (unpaired) electrons. The summed E-state index contributed by atoms with van der Waals surface area (Å²) < 4.78 is 5.50. The maximum absolute atomic E-state index is 5.50. The van der Waals surface area contributed by atoms with Crippen LogP contribution in [0.1, 0.15) is 30.9 Å². The molecule has 2 nitrogen and oxygen atoms in total. The van der Waals surface area contributed by atoms with Crippen molar-refractivity contribution in [3.05, 3.63) is 29.3 Å². The van der Waals surface area contributed by atoms with Gasteiger partial charge in [-0.15, -0.1) is 0 Å². The molecule has 88 valence electrons. The van der Waals surface area contributed by atoms with Crippen molar-refractivity contribution in [2.45, 2.75) is 38.6 Å². The molecule has 1 aliphatic rings. The third kappa shape index (κ3) is 2.38. The van der Waals surface area contributed by atoms with E-state index in [2.05, 4.69) is 37.5 Å². The molecule has 0 aromatic heterocycles. The summed E-state index contributed by atoms with van der Waals surface area (Å²) in [6, 6.07) is 6.43. The van der Waals surface area contributed by atoms with Crippen LogP contribution in [0.15, 0.2) is 18.2 Å². The van der Waals surface area contributed by atoms with E-state index < -0.39 is 0 Å². The van der Waals surface area contributed by atoms with Crippen molar-refractivity contribution in [1.29, 1.82) is 0 Å². The third-order valence-electron chi connectivity index (χ3n) is 3.54. The Morgan fingerprint density at radius 3 is 2.62 bits per heavy atom. The fraction of sp³-hybridized carbons (Fsp3) is 0.571. The normalized spacial score (nSPS) is 17.2. The van der Waals surface area contributed by atoms with Gasteiger partial charge < -0.3 is 10.1 Å². The molecule has 0 spiro atoms. The molecule has 0 heterocycles. The first-order valence-electron chi connectivity index (χ1n) is 6.10. The van der Waals surface area contributed by atoms with Crippen LogP contribution in [0.5, 0.6) is 5.75 Å². The molecule has 0 atom stereocenters. The van der Waals surface area contributed by atoms with Crippen LogP contribution in [0, 0.1) is 6.92 Å². The Morgan fingerprint density at radius 2 is 2.12 bits per heavy atom. The molecule has 2 rings (SSSR count). The van der Waals surface area contributed by atoms with E-state index in [1.807, 2.05) is 6.92 Å². The molecule has 1 aliphatic carbocycles. The second kappa shape index (κ2) is 4.46. The Hall–Kier alpha value is -1.02. The summed E-state index contributed by atoms with van der Waals surface area (Å²) in [6.45, 7) is 4.92. The smallest absolute Gasteiger partial charge is 0.119 e. The predicted molar refractivity (Wildman–Crippen MR) is 67.1 cm³/mol. The summed E-state index contributed by atoms with van der Waals surface area (Å²) in [5, 5.41) is 3.44. The van der Waals surface area contributed by atoms with Gasteiger partial charge in [-0.25, -0.2) is 0 Å². The molecule has 0 unspecified atom stereocenters. The lowest BCUT2D eigenvalue weighted by Crippen LogP contribution is -2.29. The van der Waals surface area contributed by atoms with Crippen LogP contribution in [-0.2, 0) is 6.42 Å². The largest absolute Gasteiger partial charge is 0.494 e. The fourth-order valence-electron chi connectivity index (χ4n) is 2.15. The second-order valence-corrected chi connectivity index (χ2v) is 4.73. The molecule has 1 saturated carbocycles. The monoisotopic (exact) mass is 219 g/mol. The van der Waals surface area contributed by atoms with E-state index in [4.69, 9.17) is 4.74 Å². The molecule has 0 amide bonds. The predicted octanol–water partition coefficient (Wildman–Crippen LogP) is 2.69. The van der Waals surface area contributed by atoms with Gasteiger partial charge in [0.2, 0.25) is 0 Å². The Morgan fingerprint density at radius 1 is 1.38 bits per heavy atom. The number of hydrogen-bond acceptors (Lipinski definition) is 2. The molecule has 0 aliphatic heterocycles. The standard InChI is InChI=1S/C14H21NO/c1-4-16-13-6-5-12(11(2)9-13)10-14(15-3)7-8-14/h5-6,9,15H,4,7-8,10H2,1-3H3.